The Morgan fingerprint density at radius 2 is 1.79 bits per heavy atom. The zero-order chi connectivity index (χ0) is 14.4. The molecule has 1 fully saturated rings. The van der Waals surface area contributed by atoms with Crippen molar-refractivity contribution in [2.75, 3.05) is 32.7 Å². The fourth-order valence-electron chi connectivity index (χ4n) is 2.32. The first-order valence-electron chi connectivity index (χ1n) is 7.00. The van der Waals surface area contributed by atoms with Crippen LogP contribution in [0.3, 0.4) is 0 Å². The molecule has 1 atom stereocenters. The Hall–Kier alpha value is -1.30. The summed E-state index contributed by atoms with van der Waals surface area (Å²) in [5, 5.41) is 3.07. The maximum absolute atomic E-state index is 12.1. The molecule has 0 bridgehead atoms. The highest BCUT2D eigenvalue weighted by Gasteiger charge is 2.23. The third-order valence-electron chi connectivity index (χ3n) is 3.59. The molecule has 6 heteroatoms. The molecule has 0 aromatic heterocycles. The Labute approximate surface area is 115 Å². The highest BCUT2D eigenvalue weighted by molar-refractivity contribution is 5.76. The smallest absolute Gasteiger partial charge is 0.317 e. The Balaban J connectivity index is 2.38. The van der Waals surface area contributed by atoms with E-state index in [9.17, 15) is 9.59 Å². The number of hydrogen-bond acceptors (Lipinski definition) is 3. The van der Waals surface area contributed by atoms with E-state index >= 15 is 0 Å². The number of primary amides is 1. The topological polar surface area (TPSA) is 78.7 Å². The molecule has 110 valence electrons. The lowest BCUT2D eigenvalue weighted by Gasteiger charge is -2.35. The summed E-state index contributed by atoms with van der Waals surface area (Å²) < 4.78 is 0. The van der Waals surface area contributed by atoms with Crippen LogP contribution >= 0.6 is 0 Å². The van der Waals surface area contributed by atoms with Crippen LogP contribution in [0.15, 0.2) is 0 Å². The van der Waals surface area contributed by atoms with Crippen LogP contribution in [-0.4, -0.2) is 60.5 Å². The van der Waals surface area contributed by atoms with E-state index in [-0.39, 0.29) is 24.5 Å². The second-order valence-corrected chi connectivity index (χ2v) is 5.44. The van der Waals surface area contributed by atoms with Gasteiger partial charge in [-0.25, -0.2) is 4.79 Å². The van der Waals surface area contributed by atoms with Crippen LogP contribution in [-0.2, 0) is 4.79 Å². The summed E-state index contributed by atoms with van der Waals surface area (Å²) >= 11 is 0. The predicted molar refractivity (Wildman–Crippen MR) is 74.7 cm³/mol. The van der Waals surface area contributed by atoms with E-state index in [2.05, 4.69) is 26.1 Å². The van der Waals surface area contributed by atoms with Crippen LogP contribution in [0.4, 0.5) is 4.79 Å². The summed E-state index contributed by atoms with van der Waals surface area (Å²) in [5.74, 6) is 0.119. The van der Waals surface area contributed by atoms with Crippen molar-refractivity contribution < 1.29 is 9.59 Å². The van der Waals surface area contributed by atoms with E-state index in [0.717, 1.165) is 6.42 Å². The van der Waals surface area contributed by atoms with E-state index in [1.165, 1.54) is 0 Å². The molecule has 0 aliphatic carbocycles. The minimum atomic E-state index is -0.316. The number of nitrogens with two attached hydrogens (primary N) is 1. The van der Waals surface area contributed by atoms with Crippen molar-refractivity contribution in [1.82, 2.24) is 15.1 Å². The van der Waals surface area contributed by atoms with Crippen LogP contribution in [0, 0.1) is 5.92 Å². The number of hydrogen-bond donors (Lipinski definition) is 2. The molecule has 6 nitrogen and oxygen atoms in total. The van der Waals surface area contributed by atoms with Crippen LogP contribution in [0.5, 0.6) is 0 Å². The average Bonchev–Trinajstić information content (AvgIpc) is 2.35. The lowest BCUT2D eigenvalue weighted by Crippen LogP contribution is -2.55. The third kappa shape index (κ3) is 5.06. The SMILES string of the molecule is CC[C@H](NC(=O)N1CCN(CC(N)=O)CC1)C(C)C. The number of urea groups is 1. The van der Waals surface area contributed by atoms with Crippen molar-refractivity contribution >= 4 is 11.9 Å². The van der Waals surface area contributed by atoms with Gasteiger partial charge in [0.05, 0.1) is 6.54 Å². The molecule has 0 unspecified atom stereocenters. The Morgan fingerprint density at radius 3 is 2.21 bits per heavy atom. The largest absolute Gasteiger partial charge is 0.369 e. The molecule has 3 amide bonds. The molecule has 0 spiro atoms. The summed E-state index contributed by atoms with van der Waals surface area (Å²) in [5.41, 5.74) is 5.16. The lowest BCUT2D eigenvalue weighted by molar-refractivity contribution is -0.119. The average molecular weight is 270 g/mol. The summed E-state index contributed by atoms with van der Waals surface area (Å²) in [7, 11) is 0. The van der Waals surface area contributed by atoms with Crippen LogP contribution < -0.4 is 11.1 Å². The number of carbonyl (C=O) groups is 2. The standard InChI is InChI=1S/C13H26N4O2/c1-4-11(10(2)3)15-13(19)17-7-5-16(6-8-17)9-12(14)18/h10-11H,4-9H2,1-3H3,(H2,14,18)(H,15,19)/t11-/m0/s1. The molecule has 19 heavy (non-hydrogen) atoms. The molecule has 0 aromatic carbocycles. The van der Waals surface area contributed by atoms with Crippen LogP contribution in [0.2, 0.25) is 0 Å². The molecule has 1 aliphatic heterocycles. The van der Waals surface area contributed by atoms with Crippen molar-refractivity contribution in [1.29, 1.82) is 0 Å². The fourth-order valence-corrected chi connectivity index (χ4v) is 2.32. The summed E-state index contributed by atoms with van der Waals surface area (Å²) in [6.07, 6.45) is 0.936. The van der Waals surface area contributed by atoms with Crippen molar-refractivity contribution in [2.45, 2.75) is 33.2 Å². The first-order chi connectivity index (χ1) is 8.93. The molecule has 1 saturated heterocycles. The quantitative estimate of drug-likeness (QED) is 0.751. The maximum Gasteiger partial charge on any atom is 0.317 e. The predicted octanol–water partition coefficient (Wildman–Crippen LogP) is 0.234. The summed E-state index contributed by atoms with van der Waals surface area (Å²) in [4.78, 5) is 26.7. The Morgan fingerprint density at radius 1 is 1.21 bits per heavy atom. The zero-order valence-corrected chi connectivity index (χ0v) is 12.2. The van der Waals surface area contributed by atoms with Gasteiger partial charge in [0.1, 0.15) is 0 Å². The van der Waals surface area contributed by atoms with E-state index in [1.807, 2.05) is 9.80 Å². The summed E-state index contributed by atoms with van der Waals surface area (Å²) in [6.45, 7) is 9.28. The number of amides is 3. The van der Waals surface area contributed by atoms with Gasteiger partial charge in [0.25, 0.3) is 0 Å². The molecule has 0 aromatic rings. The van der Waals surface area contributed by atoms with Crippen molar-refractivity contribution in [3.05, 3.63) is 0 Å². The van der Waals surface area contributed by atoms with Gasteiger partial charge in [0.2, 0.25) is 5.91 Å². The normalized spacial score (nSPS) is 18.4. The lowest BCUT2D eigenvalue weighted by atomic mass is 10.0. The first kappa shape index (κ1) is 15.8. The van der Waals surface area contributed by atoms with E-state index in [4.69, 9.17) is 5.73 Å². The van der Waals surface area contributed by atoms with Crippen molar-refractivity contribution in [3.63, 3.8) is 0 Å². The molecular formula is C13H26N4O2. The van der Waals surface area contributed by atoms with Gasteiger partial charge < -0.3 is 16.0 Å². The molecule has 1 aliphatic rings. The van der Waals surface area contributed by atoms with Gasteiger partial charge in [0.15, 0.2) is 0 Å². The minimum Gasteiger partial charge on any atom is -0.369 e. The summed E-state index contributed by atoms with van der Waals surface area (Å²) in [6, 6.07) is 0.218. The monoisotopic (exact) mass is 270 g/mol. The maximum atomic E-state index is 12.1. The number of nitrogens with zero attached hydrogens (tertiary/aromatic N) is 2. The van der Waals surface area contributed by atoms with E-state index in [0.29, 0.717) is 32.1 Å². The number of nitrogens with one attached hydrogen (secondary N) is 1. The van der Waals surface area contributed by atoms with Crippen molar-refractivity contribution in [2.24, 2.45) is 11.7 Å². The van der Waals surface area contributed by atoms with Crippen molar-refractivity contribution in [3.8, 4) is 0 Å². The van der Waals surface area contributed by atoms with Gasteiger partial charge >= 0.3 is 6.03 Å². The van der Waals surface area contributed by atoms with Crippen LogP contribution in [0.1, 0.15) is 27.2 Å². The van der Waals surface area contributed by atoms with Gasteiger partial charge in [-0.15, -0.1) is 0 Å². The van der Waals surface area contributed by atoms with E-state index < -0.39 is 0 Å². The van der Waals surface area contributed by atoms with Gasteiger partial charge in [-0.1, -0.05) is 20.8 Å². The van der Waals surface area contributed by atoms with Gasteiger partial charge in [-0.05, 0) is 12.3 Å². The first-order valence-corrected chi connectivity index (χ1v) is 7.00. The third-order valence-corrected chi connectivity index (χ3v) is 3.59. The molecular weight excluding hydrogens is 244 g/mol. The fraction of sp³-hybridized carbons (Fsp3) is 0.846. The second-order valence-electron chi connectivity index (χ2n) is 5.44. The minimum absolute atomic E-state index is 0.000671. The zero-order valence-electron chi connectivity index (χ0n) is 12.2. The van der Waals surface area contributed by atoms with Gasteiger partial charge in [0, 0.05) is 32.2 Å². The Kier molecular flexibility index (Phi) is 6.08. The highest BCUT2D eigenvalue weighted by atomic mass is 16.2. The molecule has 0 radical (unpaired) electrons. The van der Waals surface area contributed by atoms with Gasteiger partial charge in [-0.2, -0.15) is 0 Å². The van der Waals surface area contributed by atoms with Crippen LogP contribution in [0.25, 0.3) is 0 Å². The molecule has 0 saturated carbocycles. The number of carbonyl (C=O) groups excluding carboxylic acids is 2. The number of piperazine rings is 1. The molecule has 1 rings (SSSR count). The second kappa shape index (κ2) is 7.33. The Bertz CT molecular complexity index is 312. The van der Waals surface area contributed by atoms with Gasteiger partial charge in [-0.3, -0.25) is 9.69 Å². The number of rotatable bonds is 5. The highest BCUT2D eigenvalue weighted by Crippen LogP contribution is 2.07. The molecule has 1 heterocycles. The van der Waals surface area contributed by atoms with E-state index in [1.54, 1.807) is 0 Å². The molecule has 3 N–H and O–H groups in total.